The molecular formula is C15H17BrN2. The largest absolute Gasteiger partial charge is 0.271 e. The summed E-state index contributed by atoms with van der Waals surface area (Å²) in [4.78, 5) is 0. The summed E-state index contributed by atoms with van der Waals surface area (Å²) in [7, 11) is 0. The van der Waals surface area contributed by atoms with E-state index in [0.29, 0.717) is 0 Å². The van der Waals surface area contributed by atoms with Crippen molar-refractivity contribution in [1.82, 2.24) is 5.43 Å². The second kappa shape index (κ2) is 6.14. The van der Waals surface area contributed by atoms with E-state index in [1.807, 2.05) is 12.1 Å². The summed E-state index contributed by atoms with van der Waals surface area (Å²) < 4.78 is 1.10. The summed E-state index contributed by atoms with van der Waals surface area (Å²) in [5.41, 5.74) is 6.63. The minimum Gasteiger partial charge on any atom is -0.271 e. The highest BCUT2D eigenvalue weighted by Crippen LogP contribution is 2.20. The molecule has 3 heteroatoms. The van der Waals surface area contributed by atoms with Crippen molar-refractivity contribution in [1.29, 1.82) is 0 Å². The second-order valence-electron chi connectivity index (χ2n) is 4.47. The molecule has 0 aliphatic heterocycles. The standard InChI is InChI=1S/C15H17BrN2/c1-11-4-2-6-13(8-11)15(18-17)10-12-5-3-7-14(16)9-12/h2-9,15,18H,10,17H2,1H3. The zero-order valence-corrected chi connectivity index (χ0v) is 11.9. The maximum absolute atomic E-state index is 5.68. The number of hydrogen-bond donors (Lipinski definition) is 2. The third-order valence-electron chi connectivity index (χ3n) is 2.97. The summed E-state index contributed by atoms with van der Waals surface area (Å²) in [6.07, 6.45) is 0.874. The summed E-state index contributed by atoms with van der Waals surface area (Å²) in [6.45, 7) is 2.09. The van der Waals surface area contributed by atoms with Gasteiger partial charge in [0.15, 0.2) is 0 Å². The van der Waals surface area contributed by atoms with Crippen molar-refractivity contribution in [3.8, 4) is 0 Å². The van der Waals surface area contributed by atoms with E-state index in [2.05, 4.69) is 64.7 Å². The molecule has 0 fully saturated rings. The fraction of sp³-hybridized carbons (Fsp3) is 0.200. The first-order valence-corrected chi connectivity index (χ1v) is 6.75. The van der Waals surface area contributed by atoms with Crippen molar-refractivity contribution in [2.75, 3.05) is 0 Å². The molecule has 0 radical (unpaired) electrons. The quantitative estimate of drug-likeness (QED) is 0.670. The summed E-state index contributed by atoms with van der Waals surface area (Å²) in [6, 6.07) is 16.9. The van der Waals surface area contributed by atoms with Crippen LogP contribution in [0.4, 0.5) is 0 Å². The maximum atomic E-state index is 5.68. The summed E-state index contributed by atoms with van der Waals surface area (Å²) in [5.74, 6) is 5.68. The van der Waals surface area contributed by atoms with Crippen LogP contribution in [0.2, 0.25) is 0 Å². The van der Waals surface area contributed by atoms with Crippen LogP contribution in [0.1, 0.15) is 22.7 Å². The van der Waals surface area contributed by atoms with Crippen LogP contribution in [0.25, 0.3) is 0 Å². The fourth-order valence-electron chi connectivity index (χ4n) is 2.06. The Labute approximate surface area is 116 Å². The predicted molar refractivity (Wildman–Crippen MR) is 79.1 cm³/mol. The molecular weight excluding hydrogens is 288 g/mol. The molecule has 0 heterocycles. The van der Waals surface area contributed by atoms with E-state index in [9.17, 15) is 0 Å². The van der Waals surface area contributed by atoms with Crippen molar-refractivity contribution < 1.29 is 0 Å². The van der Waals surface area contributed by atoms with Crippen molar-refractivity contribution in [3.63, 3.8) is 0 Å². The SMILES string of the molecule is Cc1cccc(C(Cc2cccc(Br)c2)NN)c1. The Morgan fingerprint density at radius 2 is 1.94 bits per heavy atom. The zero-order valence-electron chi connectivity index (χ0n) is 10.4. The van der Waals surface area contributed by atoms with Crippen LogP contribution in [0.3, 0.4) is 0 Å². The topological polar surface area (TPSA) is 38.0 Å². The van der Waals surface area contributed by atoms with E-state index in [1.54, 1.807) is 0 Å². The zero-order chi connectivity index (χ0) is 13.0. The molecule has 3 N–H and O–H groups in total. The molecule has 94 valence electrons. The highest BCUT2D eigenvalue weighted by molar-refractivity contribution is 9.10. The Bertz CT molecular complexity index is 525. The van der Waals surface area contributed by atoms with Gasteiger partial charge in [-0.25, -0.2) is 0 Å². The van der Waals surface area contributed by atoms with E-state index < -0.39 is 0 Å². The maximum Gasteiger partial charge on any atom is 0.0500 e. The highest BCUT2D eigenvalue weighted by atomic mass is 79.9. The van der Waals surface area contributed by atoms with Gasteiger partial charge in [0.05, 0.1) is 0 Å². The molecule has 18 heavy (non-hydrogen) atoms. The van der Waals surface area contributed by atoms with Gasteiger partial charge in [0, 0.05) is 10.5 Å². The molecule has 2 nitrogen and oxygen atoms in total. The van der Waals surface area contributed by atoms with Gasteiger partial charge in [-0.2, -0.15) is 0 Å². The third kappa shape index (κ3) is 3.42. The normalized spacial score (nSPS) is 12.4. The van der Waals surface area contributed by atoms with Gasteiger partial charge in [-0.05, 0) is 36.6 Å². The second-order valence-corrected chi connectivity index (χ2v) is 5.38. The monoisotopic (exact) mass is 304 g/mol. The number of halogens is 1. The number of hydrazine groups is 1. The van der Waals surface area contributed by atoms with Crippen LogP contribution in [-0.4, -0.2) is 0 Å². The number of aryl methyl sites for hydroxylation is 1. The molecule has 0 aliphatic carbocycles. The van der Waals surface area contributed by atoms with Crippen LogP contribution in [0, 0.1) is 6.92 Å². The summed E-state index contributed by atoms with van der Waals surface area (Å²) >= 11 is 3.49. The molecule has 1 atom stereocenters. The molecule has 0 amide bonds. The third-order valence-corrected chi connectivity index (χ3v) is 3.47. The van der Waals surface area contributed by atoms with Crippen LogP contribution >= 0.6 is 15.9 Å². The Balaban J connectivity index is 2.19. The van der Waals surface area contributed by atoms with E-state index >= 15 is 0 Å². The number of benzene rings is 2. The molecule has 0 aromatic heterocycles. The first kappa shape index (κ1) is 13.3. The lowest BCUT2D eigenvalue weighted by molar-refractivity contribution is 0.551. The van der Waals surface area contributed by atoms with E-state index in [4.69, 9.17) is 5.84 Å². The van der Waals surface area contributed by atoms with Gasteiger partial charge < -0.3 is 0 Å². The van der Waals surface area contributed by atoms with Crippen LogP contribution in [0.15, 0.2) is 53.0 Å². The summed E-state index contributed by atoms with van der Waals surface area (Å²) in [5, 5.41) is 0. The van der Waals surface area contributed by atoms with Gasteiger partial charge in [0.1, 0.15) is 0 Å². The van der Waals surface area contributed by atoms with Gasteiger partial charge in [0.25, 0.3) is 0 Å². The smallest absolute Gasteiger partial charge is 0.0500 e. The average molecular weight is 305 g/mol. The first-order chi connectivity index (χ1) is 8.69. The van der Waals surface area contributed by atoms with Crippen molar-refractivity contribution in [3.05, 3.63) is 69.7 Å². The number of hydrogen-bond acceptors (Lipinski definition) is 2. The van der Waals surface area contributed by atoms with Gasteiger partial charge in [-0.3, -0.25) is 11.3 Å². The molecule has 0 spiro atoms. The van der Waals surface area contributed by atoms with E-state index in [-0.39, 0.29) is 6.04 Å². The molecule has 2 aromatic carbocycles. The number of rotatable bonds is 4. The number of nitrogens with two attached hydrogens (primary N) is 1. The van der Waals surface area contributed by atoms with Gasteiger partial charge in [-0.1, -0.05) is 57.9 Å². The van der Waals surface area contributed by atoms with Crippen molar-refractivity contribution in [2.24, 2.45) is 5.84 Å². The van der Waals surface area contributed by atoms with Gasteiger partial charge in [0.2, 0.25) is 0 Å². The lowest BCUT2D eigenvalue weighted by Gasteiger charge is -2.17. The van der Waals surface area contributed by atoms with Crippen LogP contribution < -0.4 is 11.3 Å². The molecule has 0 bridgehead atoms. The molecule has 2 aromatic rings. The number of nitrogens with one attached hydrogen (secondary N) is 1. The Morgan fingerprint density at radius 3 is 2.61 bits per heavy atom. The van der Waals surface area contributed by atoms with Gasteiger partial charge in [-0.15, -0.1) is 0 Å². The Hall–Kier alpha value is -1.16. The Kier molecular flexibility index (Phi) is 4.53. The van der Waals surface area contributed by atoms with E-state index in [1.165, 1.54) is 16.7 Å². The van der Waals surface area contributed by atoms with Crippen LogP contribution in [0.5, 0.6) is 0 Å². The average Bonchev–Trinajstić information content (AvgIpc) is 2.36. The lowest BCUT2D eigenvalue weighted by Crippen LogP contribution is -2.29. The minimum atomic E-state index is 0.138. The molecule has 1 unspecified atom stereocenters. The lowest BCUT2D eigenvalue weighted by atomic mass is 9.98. The predicted octanol–water partition coefficient (Wildman–Crippen LogP) is 3.50. The van der Waals surface area contributed by atoms with Crippen molar-refractivity contribution in [2.45, 2.75) is 19.4 Å². The molecule has 0 aliphatic rings. The molecule has 2 rings (SSSR count). The highest BCUT2D eigenvalue weighted by Gasteiger charge is 2.10. The van der Waals surface area contributed by atoms with Gasteiger partial charge >= 0.3 is 0 Å². The minimum absolute atomic E-state index is 0.138. The van der Waals surface area contributed by atoms with Crippen LogP contribution in [-0.2, 0) is 6.42 Å². The van der Waals surface area contributed by atoms with Crippen molar-refractivity contribution >= 4 is 15.9 Å². The Morgan fingerprint density at radius 1 is 1.17 bits per heavy atom. The first-order valence-electron chi connectivity index (χ1n) is 5.96. The fourth-order valence-corrected chi connectivity index (χ4v) is 2.51. The molecule has 0 saturated heterocycles. The van der Waals surface area contributed by atoms with E-state index in [0.717, 1.165) is 10.9 Å². The molecule has 0 saturated carbocycles.